The summed E-state index contributed by atoms with van der Waals surface area (Å²) in [5.41, 5.74) is 1.79. The van der Waals surface area contributed by atoms with E-state index in [-0.39, 0.29) is 11.8 Å². The minimum Gasteiger partial charge on any atom is -0.391 e. The topological polar surface area (TPSA) is 64.7 Å². The van der Waals surface area contributed by atoms with Gasteiger partial charge in [0.2, 0.25) is 0 Å². The maximum Gasteiger partial charge on any atom is 0.269 e. The molecule has 16 heavy (non-hydrogen) atoms. The first-order valence-electron chi connectivity index (χ1n) is 4.74. The van der Waals surface area contributed by atoms with Crippen molar-refractivity contribution in [3.05, 3.63) is 39.9 Å². The van der Waals surface area contributed by atoms with Gasteiger partial charge in [0.05, 0.1) is 10.6 Å². The van der Waals surface area contributed by atoms with Crippen molar-refractivity contribution in [2.75, 3.05) is 5.33 Å². The highest BCUT2D eigenvalue weighted by molar-refractivity contribution is 9.09. The van der Waals surface area contributed by atoms with Gasteiger partial charge in [-0.1, -0.05) is 21.1 Å². The maximum atomic E-state index is 10.5. The largest absolute Gasteiger partial charge is 0.391 e. The first kappa shape index (κ1) is 11.1. The van der Waals surface area contributed by atoms with Gasteiger partial charge in [-0.15, -0.1) is 0 Å². The fraction of sp³-hybridized carbons (Fsp3) is 0.300. The second-order valence-corrected chi connectivity index (χ2v) is 4.08. The maximum absolute atomic E-state index is 10.5. The number of hydrogen-bond acceptors (Lipinski definition) is 4. The van der Waals surface area contributed by atoms with E-state index in [9.17, 15) is 10.1 Å². The van der Waals surface area contributed by atoms with Gasteiger partial charge in [0.1, 0.15) is 6.10 Å². The van der Waals surface area contributed by atoms with Gasteiger partial charge in [0.25, 0.3) is 5.69 Å². The summed E-state index contributed by atoms with van der Waals surface area (Å²) in [7, 11) is 0. The first-order valence-corrected chi connectivity index (χ1v) is 5.86. The zero-order valence-corrected chi connectivity index (χ0v) is 9.88. The molecule has 1 heterocycles. The molecule has 1 atom stereocenters. The Bertz CT molecular complexity index is 430. The minimum absolute atomic E-state index is 0.0604. The van der Waals surface area contributed by atoms with E-state index in [1.807, 2.05) is 0 Å². The molecule has 0 N–H and O–H groups in total. The molecule has 0 saturated carbocycles. The summed E-state index contributed by atoms with van der Waals surface area (Å²) < 4.78 is 0. The standard InChI is InChI=1S/C10H9BrN2O3/c11-6-9-5-10(12-16-9)7-1-3-8(4-2-7)13(14)15/h1-4,9H,5-6H2/t9-/m0/s1. The lowest BCUT2D eigenvalue weighted by Crippen LogP contribution is -2.09. The molecule has 2 rings (SSSR count). The van der Waals surface area contributed by atoms with E-state index in [1.165, 1.54) is 12.1 Å². The van der Waals surface area contributed by atoms with Crippen LogP contribution in [0, 0.1) is 10.1 Å². The molecule has 1 aromatic rings. The van der Waals surface area contributed by atoms with Crippen LogP contribution in [-0.4, -0.2) is 22.1 Å². The van der Waals surface area contributed by atoms with E-state index in [0.29, 0.717) is 0 Å². The number of rotatable bonds is 3. The lowest BCUT2D eigenvalue weighted by Gasteiger charge is -2.01. The van der Waals surface area contributed by atoms with E-state index < -0.39 is 4.92 Å². The van der Waals surface area contributed by atoms with Gasteiger partial charge in [-0.25, -0.2) is 0 Å². The van der Waals surface area contributed by atoms with Crippen LogP contribution in [-0.2, 0) is 4.84 Å². The zero-order chi connectivity index (χ0) is 11.5. The number of nitrogens with zero attached hydrogens (tertiary/aromatic N) is 2. The van der Waals surface area contributed by atoms with Crippen LogP contribution in [0.4, 0.5) is 5.69 Å². The molecule has 1 aliphatic rings. The highest BCUT2D eigenvalue weighted by Gasteiger charge is 2.21. The molecule has 0 amide bonds. The van der Waals surface area contributed by atoms with Gasteiger partial charge in [-0.2, -0.15) is 0 Å². The van der Waals surface area contributed by atoms with Crippen molar-refractivity contribution in [1.29, 1.82) is 0 Å². The van der Waals surface area contributed by atoms with E-state index in [2.05, 4.69) is 21.1 Å². The van der Waals surface area contributed by atoms with E-state index in [1.54, 1.807) is 12.1 Å². The second-order valence-electron chi connectivity index (χ2n) is 3.43. The molecule has 0 bridgehead atoms. The molecular weight excluding hydrogens is 276 g/mol. The third-order valence-corrected chi connectivity index (χ3v) is 3.04. The summed E-state index contributed by atoms with van der Waals surface area (Å²) in [6.07, 6.45) is 0.786. The summed E-state index contributed by atoms with van der Waals surface area (Å²) >= 11 is 3.32. The third-order valence-electron chi connectivity index (χ3n) is 2.32. The van der Waals surface area contributed by atoms with E-state index in [4.69, 9.17) is 4.84 Å². The number of alkyl halides is 1. The quantitative estimate of drug-likeness (QED) is 0.487. The summed E-state index contributed by atoms with van der Waals surface area (Å²) in [5, 5.41) is 15.2. The zero-order valence-electron chi connectivity index (χ0n) is 8.30. The fourth-order valence-corrected chi connectivity index (χ4v) is 1.80. The number of nitro benzene ring substituents is 1. The van der Waals surface area contributed by atoms with Gasteiger partial charge in [-0.05, 0) is 17.7 Å². The van der Waals surface area contributed by atoms with Crippen LogP contribution in [0.3, 0.4) is 0 Å². The van der Waals surface area contributed by atoms with Crippen molar-refractivity contribution >= 4 is 27.3 Å². The number of oxime groups is 1. The average Bonchev–Trinajstić information content (AvgIpc) is 2.77. The number of nitro groups is 1. The molecule has 0 aromatic heterocycles. The van der Waals surface area contributed by atoms with Crippen LogP contribution >= 0.6 is 15.9 Å². The lowest BCUT2D eigenvalue weighted by molar-refractivity contribution is -0.384. The Balaban J connectivity index is 2.14. The van der Waals surface area contributed by atoms with Crippen LogP contribution in [0.2, 0.25) is 0 Å². The monoisotopic (exact) mass is 284 g/mol. The molecule has 0 radical (unpaired) electrons. The lowest BCUT2D eigenvalue weighted by atomic mass is 10.1. The first-order chi connectivity index (χ1) is 7.70. The summed E-state index contributed by atoms with van der Waals surface area (Å²) in [6, 6.07) is 6.33. The Labute approximate surface area is 100 Å². The predicted molar refractivity (Wildman–Crippen MR) is 62.9 cm³/mol. The van der Waals surface area contributed by atoms with Crippen LogP contribution in [0.1, 0.15) is 12.0 Å². The van der Waals surface area contributed by atoms with Gasteiger partial charge in [0.15, 0.2) is 0 Å². The van der Waals surface area contributed by atoms with Crippen molar-refractivity contribution in [2.24, 2.45) is 5.16 Å². The Kier molecular flexibility index (Phi) is 3.19. The molecule has 84 valence electrons. The summed E-state index contributed by atoms with van der Waals surface area (Å²) in [5.74, 6) is 0. The average molecular weight is 285 g/mol. The second kappa shape index (κ2) is 4.61. The van der Waals surface area contributed by atoms with Crippen LogP contribution in [0.15, 0.2) is 29.4 Å². The van der Waals surface area contributed by atoms with Gasteiger partial charge in [-0.3, -0.25) is 10.1 Å². The normalized spacial score (nSPS) is 19.1. The number of halogens is 1. The van der Waals surface area contributed by atoms with Crippen molar-refractivity contribution in [3.8, 4) is 0 Å². The molecule has 0 fully saturated rings. The van der Waals surface area contributed by atoms with Gasteiger partial charge < -0.3 is 4.84 Å². The van der Waals surface area contributed by atoms with Crippen molar-refractivity contribution in [1.82, 2.24) is 0 Å². The van der Waals surface area contributed by atoms with Crippen molar-refractivity contribution in [3.63, 3.8) is 0 Å². The Morgan fingerprint density at radius 3 is 2.69 bits per heavy atom. The number of hydrogen-bond donors (Lipinski definition) is 0. The highest BCUT2D eigenvalue weighted by atomic mass is 79.9. The molecule has 5 nitrogen and oxygen atoms in total. The molecule has 6 heteroatoms. The summed E-state index contributed by atoms with van der Waals surface area (Å²) in [6.45, 7) is 0. The minimum atomic E-state index is -0.419. The Hall–Kier alpha value is -1.43. The highest BCUT2D eigenvalue weighted by Crippen LogP contribution is 2.20. The van der Waals surface area contributed by atoms with Crippen molar-refractivity contribution < 1.29 is 9.76 Å². The SMILES string of the molecule is O=[N+]([O-])c1ccc(C2=NO[C@H](CBr)C2)cc1. The molecule has 0 spiro atoms. The van der Waals surface area contributed by atoms with Gasteiger partial charge in [0, 0.05) is 23.9 Å². The molecule has 1 aromatic carbocycles. The number of benzene rings is 1. The fourth-order valence-electron chi connectivity index (χ4n) is 1.46. The van der Waals surface area contributed by atoms with Crippen molar-refractivity contribution in [2.45, 2.75) is 12.5 Å². The van der Waals surface area contributed by atoms with Crippen LogP contribution < -0.4 is 0 Å². The molecule has 1 aliphatic heterocycles. The Morgan fingerprint density at radius 1 is 1.50 bits per heavy atom. The molecular formula is C10H9BrN2O3. The Morgan fingerprint density at radius 2 is 2.19 bits per heavy atom. The van der Waals surface area contributed by atoms with Crippen LogP contribution in [0.25, 0.3) is 0 Å². The summed E-state index contributed by atoms with van der Waals surface area (Å²) in [4.78, 5) is 15.2. The molecule has 0 saturated heterocycles. The van der Waals surface area contributed by atoms with E-state index in [0.717, 1.165) is 23.0 Å². The number of non-ortho nitro benzene ring substituents is 1. The predicted octanol–water partition coefficient (Wildman–Crippen LogP) is 2.48. The molecule has 0 unspecified atom stereocenters. The van der Waals surface area contributed by atoms with E-state index >= 15 is 0 Å². The molecule has 0 aliphatic carbocycles. The third kappa shape index (κ3) is 2.21. The van der Waals surface area contributed by atoms with Crippen LogP contribution in [0.5, 0.6) is 0 Å². The smallest absolute Gasteiger partial charge is 0.269 e. The van der Waals surface area contributed by atoms with Gasteiger partial charge >= 0.3 is 0 Å².